The average Bonchev–Trinajstić information content (AvgIpc) is 2.89. The van der Waals surface area contributed by atoms with Gasteiger partial charge in [-0.3, -0.25) is 4.79 Å². The standard InChI is InChI=1S/C29H26N2O5/c1-3-34-23-14-11-22(12-15-23)29(33)36-27-16-13-21-8-4-5-10-25(21)26(27)18-30-31-28(32)19-35-24-9-6-7-20(2)17-24/h4-18H,3,19H2,1-2H3,(H,31,32)/b30-18-. The summed E-state index contributed by atoms with van der Waals surface area (Å²) in [4.78, 5) is 25.0. The first-order valence-corrected chi connectivity index (χ1v) is 11.5. The summed E-state index contributed by atoms with van der Waals surface area (Å²) in [6.07, 6.45) is 1.47. The van der Waals surface area contributed by atoms with E-state index in [2.05, 4.69) is 10.5 Å². The topological polar surface area (TPSA) is 86.2 Å². The molecule has 0 atom stereocenters. The molecule has 1 amide bonds. The van der Waals surface area contributed by atoms with Crippen LogP contribution in [0.25, 0.3) is 10.8 Å². The van der Waals surface area contributed by atoms with Crippen molar-refractivity contribution >= 4 is 28.9 Å². The van der Waals surface area contributed by atoms with E-state index in [1.54, 1.807) is 36.4 Å². The second-order valence-electron chi connectivity index (χ2n) is 7.94. The Morgan fingerprint density at radius 1 is 0.889 bits per heavy atom. The van der Waals surface area contributed by atoms with Crippen LogP contribution in [0.4, 0.5) is 0 Å². The van der Waals surface area contributed by atoms with E-state index in [-0.39, 0.29) is 6.61 Å². The summed E-state index contributed by atoms with van der Waals surface area (Å²) >= 11 is 0. The fourth-order valence-corrected chi connectivity index (χ4v) is 3.57. The van der Waals surface area contributed by atoms with Gasteiger partial charge >= 0.3 is 5.97 Å². The Kier molecular flexibility index (Phi) is 7.93. The SMILES string of the molecule is CCOc1ccc(C(=O)Oc2ccc3ccccc3c2/C=N\NC(=O)COc2cccc(C)c2)cc1. The van der Waals surface area contributed by atoms with Crippen molar-refractivity contribution in [3.8, 4) is 17.2 Å². The van der Waals surface area contributed by atoms with Gasteiger partial charge in [0.1, 0.15) is 17.2 Å². The number of esters is 1. The van der Waals surface area contributed by atoms with E-state index in [1.165, 1.54) is 6.21 Å². The molecule has 0 aliphatic carbocycles. The Balaban J connectivity index is 1.49. The molecule has 0 saturated carbocycles. The second kappa shape index (κ2) is 11.7. The minimum Gasteiger partial charge on any atom is -0.494 e. The minimum atomic E-state index is -0.515. The predicted molar refractivity (Wildman–Crippen MR) is 139 cm³/mol. The number of hydrogen-bond donors (Lipinski definition) is 1. The van der Waals surface area contributed by atoms with Crippen LogP contribution in [0, 0.1) is 6.92 Å². The van der Waals surface area contributed by atoms with Crippen LogP contribution >= 0.6 is 0 Å². The van der Waals surface area contributed by atoms with Crippen molar-refractivity contribution in [3.05, 3.63) is 102 Å². The maximum Gasteiger partial charge on any atom is 0.343 e. The van der Waals surface area contributed by atoms with Crippen LogP contribution in [-0.2, 0) is 4.79 Å². The zero-order valence-electron chi connectivity index (χ0n) is 20.1. The molecule has 0 aliphatic rings. The van der Waals surface area contributed by atoms with Gasteiger partial charge in [-0.1, -0.05) is 42.5 Å². The summed E-state index contributed by atoms with van der Waals surface area (Å²) in [7, 11) is 0. The number of amides is 1. The number of benzene rings is 4. The summed E-state index contributed by atoms with van der Waals surface area (Å²) in [6, 6.07) is 25.4. The van der Waals surface area contributed by atoms with Gasteiger partial charge in [0, 0.05) is 5.56 Å². The minimum absolute atomic E-state index is 0.185. The van der Waals surface area contributed by atoms with E-state index in [0.717, 1.165) is 16.3 Å². The van der Waals surface area contributed by atoms with Crippen molar-refractivity contribution in [2.75, 3.05) is 13.2 Å². The van der Waals surface area contributed by atoms with E-state index in [0.29, 0.717) is 35.0 Å². The van der Waals surface area contributed by atoms with Crippen molar-refractivity contribution in [1.82, 2.24) is 5.43 Å². The maximum absolute atomic E-state index is 12.8. The molecule has 0 radical (unpaired) electrons. The van der Waals surface area contributed by atoms with Gasteiger partial charge in [-0.05, 0) is 72.6 Å². The van der Waals surface area contributed by atoms with E-state index in [9.17, 15) is 9.59 Å². The molecule has 0 heterocycles. The Morgan fingerprint density at radius 2 is 1.69 bits per heavy atom. The van der Waals surface area contributed by atoms with Gasteiger partial charge in [-0.2, -0.15) is 5.10 Å². The van der Waals surface area contributed by atoms with E-state index in [4.69, 9.17) is 14.2 Å². The molecule has 0 unspecified atom stereocenters. The lowest BCUT2D eigenvalue weighted by molar-refractivity contribution is -0.123. The summed E-state index contributed by atoms with van der Waals surface area (Å²) < 4.78 is 16.6. The highest BCUT2D eigenvalue weighted by atomic mass is 16.5. The van der Waals surface area contributed by atoms with Gasteiger partial charge in [-0.15, -0.1) is 0 Å². The number of fused-ring (bicyclic) bond motifs is 1. The largest absolute Gasteiger partial charge is 0.494 e. The Hall–Kier alpha value is -4.65. The number of hydrogen-bond acceptors (Lipinski definition) is 6. The lowest BCUT2D eigenvalue weighted by Gasteiger charge is -2.11. The summed E-state index contributed by atoms with van der Waals surface area (Å²) in [5, 5.41) is 5.84. The molecule has 4 aromatic rings. The number of carbonyl (C=O) groups excluding carboxylic acids is 2. The predicted octanol–water partition coefficient (Wildman–Crippen LogP) is 5.30. The molecule has 7 nitrogen and oxygen atoms in total. The molecule has 7 heteroatoms. The van der Waals surface area contributed by atoms with E-state index in [1.807, 2.05) is 62.4 Å². The summed E-state index contributed by atoms with van der Waals surface area (Å²) in [6.45, 7) is 4.19. The van der Waals surface area contributed by atoms with Gasteiger partial charge in [0.2, 0.25) is 0 Å². The highest BCUT2D eigenvalue weighted by molar-refractivity contribution is 6.04. The second-order valence-corrected chi connectivity index (χ2v) is 7.94. The average molecular weight is 483 g/mol. The van der Waals surface area contributed by atoms with Crippen molar-refractivity contribution in [3.63, 3.8) is 0 Å². The first-order valence-electron chi connectivity index (χ1n) is 11.5. The fraction of sp³-hybridized carbons (Fsp3) is 0.138. The lowest BCUT2D eigenvalue weighted by atomic mass is 10.0. The maximum atomic E-state index is 12.8. The molecule has 0 bridgehead atoms. The highest BCUT2D eigenvalue weighted by Gasteiger charge is 2.14. The molecule has 0 saturated heterocycles. The van der Waals surface area contributed by atoms with Crippen molar-refractivity contribution in [1.29, 1.82) is 0 Å². The number of carbonyl (C=O) groups is 2. The molecule has 0 aromatic heterocycles. The number of aryl methyl sites for hydroxylation is 1. The number of nitrogens with one attached hydrogen (secondary N) is 1. The van der Waals surface area contributed by atoms with Gasteiger partial charge in [0.25, 0.3) is 5.91 Å². The van der Waals surface area contributed by atoms with Crippen LogP contribution in [-0.4, -0.2) is 31.3 Å². The van der Waals surface area contributed by atoms with Gasteiger partial charge in [0.05, 0.1) is 18.4 Å². The molecule has 4 aromatic carbocycles. The molecule has 1 N–H and O–H groups in total. The molecule has 0 aliphatic heterocycles. The third kappa shape index (κ3) is 6.27. The van der Waals surface area contributed by atoms with Gasteiger partial charge in [-0.25, -0.2) is 10.2 Å². The van der Waals surface area contributed by atoms with E-state index < -0.39 is 11.9 Å². The Bertz CT molecular complexity index is 1400. The molecular formula is C29H26N2O5. The van der Waals surface area contributed by atoms with Crippen molar-refractivity contribution < 1.29 is 23.8 Å². The van der Waals surface area contributed by atoms with Crippen molar-refractivity contribution in [2.45, 2.75) is 13.8 Å². The monoisotopic (exact) mass is 482 g/mol. The third-order valence-corrected chi connectivity index (χ3v) is 5.28. The Labute approximate surface area is 209 Å². The molecular weight excluding hydrogens is 456 g/mol. The van der Waals surface area contributed by atoms with Gasteiger partial charge < -0.3 is 14.2 Å². The highest BCUT2D eigenvalue weighted by Crippen LogP contribution is 2.27. The van der Waals surface area contributed by atoms with Crippen LogP contribution in [0.1, 0.15) is 28.4 Å². The number of rotatable bonds is 9. The molecule has 4 rings (SSSR count). The third-order valence-electron chi connectivity index (χ3n) is 5.28. The van der Waals surface area contributed by atoms with E-state index >= 15 is 0 Å². The summed E-state index contributed by atoms with van der Waals surface area (Å²) in [5.41, 5.74) is 4.45. The Morgan fingerprint density at radius 3 is 2.47 bits per heavy atom. The number of nitrogens with zero attached hydrogens (tertiary/aromatic N) is 1. The first-order chi connectivity index (χ1) is 17.5. The van der Waals surface area contributed by atoms with Crippen LogP contribution < -0.4 is 19.6 Å². The van der Waals surface area contributed by atoms with Gasteiger partial charge in [0.15, 0.2) is 6.61 Å². The smallest absolute Gasteiger partial charge is 0.343 e. The van der Waals surface area contributed by atoms with Crippen LogP contribution in [0.2, 0.25) is 0 Å². The van der Waals surface area contributed by atoms with Crippen LogP contribution in [0.3, 0.4) is 0 Å². The zero-order valence-corrected chi connectivity index (χ0v) is 20.1. The lowest BCUT2D eigenvalue weighted by Crippen LogP contribution is -2.24. The van der Waals surface area contributed by atoms with Crippen LogP contribution in [0.5, 0.6) is 17.2 Å². The van der Waals surface area contributed by atoms with Crippen LogP contribution in [0.15, 0.2) is 90.0 Å². The summed E-state index contributed by atoms with van der Waals surface area (Å²) in [5.74, 6) is 0.669. The number of hydrazone groups is 1. The molecule has 0 spiro atoms. The fourth-order valence-electron chi connectivity index (χ4n) is 3.57. The normalized spacial score (nSPS) is 10.8. The number of ether oxygens (including phenoxy) is 3. The quantitative estimate of drug-likeness (QED) is 0.152. The molecule has 182 valence electrons. The molecule has 0 fully saturated rings. The molecule has 36 heavy (non-hydrogen) atoms. The first kappa shape index (κ1) is 24.5. The zero-order chi connectivity index (χ0) is 25.3. The van der Waals surface area contributed by atoms with Crippen molar-refractivity contribution in [2.24, 2.45) is 5.10 Å².